The van der Waals surface area contributed by atoms with Gasteiger partial charge in [-0.05, 0) is 28.1 Å². The summed E-state index contributed by atoms with van der Waals surface area (Å²) in [7, 11) is 0. The molecule has 0 aliphatic carbocycles. The summed E-state index contributed by atoms with van der Waals surface area (Å²) in [6.07, 6.45) is 1.41. The molecule has 0 radical (unpaired) electrons. The van der Waals surface area contributed by atoms with Crippen molar-refractivity contribution < 1.29 is 4.79 Å². The number of nitrogens with zero attached hydrogens (tertiary/aromatic N) is 3. The molecule has 0 saturated carbocycles. The van der Waals surface area contributed by atoms with Crippen LogP contribution in [0.3, 0.4) is 0 Å². The van der Waals surface area contributed by atoms with Crippen LogP contribution >= 0.6 is 50.7 Å². The number of anilines is 1. The summed E-state index contributed by atoms with van der Waals surface area (Å²) in [5.74, 6) is -0.474. The van der Waals surface area contributed by atoms with E-state index in [2.05, 4.69) is 36.4 Å². The van der Waals surface area contributed by atoms with Crippen LogP contribution in [0.5, 0.6) is 0 Å². The molecule has 1 N–H and O–H groups in total. The SMILES string of the molecule is O=C(Nc1cnc(Cl)c(Br)c1)c1cc(Cl)nnc1Cl. The minimum atomic E-state index is -0.474. The smallest absolute Gasteiger partial charge is 0.259 e. The minimum absolute atomic E-state index is 0.0390. The second-order valence-corrected chi connectivity index (χ2v) is 5.28. The Hall–Kier alpha value is -0.950. The molecule has 19 heavy (non-hydrogen) atoms. The van der Waals surface area contributed by atoms with Gasteiger partial charge in [-0.3, -0.25) is 4.79 Å². The van der Waals surface area contributed by atoms with Crippen LogP contribution in [0.25, 0.3) is 0 Å². The van der Waals surface area contributed by atoms with Crippen LogP contribution in [0.15, 0.2) is 22.8 Å². The highest BCUT2D eigenvalue weighted by molar-refractivity contribution is 9.10. The van der Waals surface area contributed by atoms with Gasteiger partial charge < -0.3 is 5.32 Å². The number of rotatable bonds is 2. The summed E-state index contributed by atoms with van der Waals surface area (Å²) in [4.78, 5) is 15.9. The molecule has 2 aromatic heterocycles. The van der Waals surface area contributed by atoms with Crippen molar-refractivity contribution in [1.82, 2.24) is 15.2 Å². The Kier molecular flexibility index (Phi) is 4.57. The number of hydrogen-bond acceptors (Lipinski definition) is 4. The van der Waals surface area contributed by atoms with Crippen molar-refractivity contribution in [3.8, 4) is 0 Å². The highest BCUT2D eigenvalue weighted by Gasteiger charge is 2.14. The fraction of sp³-hybridized carbons (Fsp3) is 0. The van der Waals surface area contributed by atoms with E-state index in [-0.39, 0.29) is 15.9 Å². The normalized spacial score (nSPS) is 10.3. The van der Waals surface area contributed by atoms with E-state index >= 15 is 0 Å². The maximum Gasteiger partial charge on any atom is 0.259 e. The Labute approximate surface area is 131 Å². The van der Waals surface area contributed by atoms with Crippen molar-refractivity contribution in [3.63, 3.8) is 0 Å². The summed E-state index contributed by atoms with van der Waals surface area (Å²) in [6.45, 7) is 0. The lowest BCUT2D eigenvalue weighted by molar-refractivity contribution is 0.102. The first-order valence-electron chi connectivity index (χ1n) is 4.78. The van der Waals surface area contributed by atoms with E-state index in [4.69, 9.17) is 34.8 Å². The zero-order chi connectivity index (χ0) is 14.0. The average Bonchev–Trinajstić information content (AvgIpc) is 2.36. The predicted octanol–water partition coefficient (Wildman–Crippen LogP) is 3.85. The van der Waals surface area contributed by atoms with E-state index < -0.39 is 5.91 Å². The van der Waals surface area contributed by atoms with Gasteiger partial charge >= 0.3 is 0 Å². The van der Waals surface area contributed by atoms with Crippen LogP contribution in [0, 0.1) is 0 Å². The van der Waals surface area contributed by atoms with Gasteiger partial charge in [0.1, 0.15) is 5.15 Å². The number of carbonyl (C=O) groups is 1. The van der Waals surface area contributed by atoms with Crippen LogP contribution < -0.4 is 5.32 Å². The van der Waals surface area contributed by atoms with E-state index in [1.807, 2.05) is 0 Å². The highest BCUT2D eigenvalue weighted by Crippen LogP contribution is 2.24. The standard InChI is InChI=1S/C10H4BrCl3N4O/c11-6-1-4(3-15-9(6)14)16-10(19)5-2-7(12)17-18-8(5)13/h1-3H,(H,16,19). The largest absolute Gasteiger partial charge is 0.320 e. The van der Waals surface area contributed by atoms with Gasteiger partial charge in [0.15, 0.2) is 10.3 Å². The first kappa shape index (κ1) is 14.5. The number of amides is 1. The lowest BCUT2D eigenvalue weighted by Crippen LogP contribution is -2.13. The summed E-state index contributed by atoms with van der Waals surface area (Å²) < 4.78 is 0.559. The Morgan fingerprint density at radius 1 is 1.16 bits per heavy atom. The third-order valence-electron chi connectivity index (χ3n) is 2.02. The van der Waals surface area contributed by atoms with Crippen molar-refractivity contribution in [2.24, 2.45) is 0 Å². The Morgan fingerprint density at radius 3 is 2.58 bits per heavy atom. The van der Waals surface area contributed by atoms with Gasteiger partial charge in [-0.15, -0.1) is 10.2 Å². The molecule has 0 aromatic carbocycles. The Morgan fingerprint density at radius 2 is 1.89 bits per heavy atom. The second kappa shape index (κ2) is 6.00. The maximum absolute atomic E-state index is 12.0. The number of pyridine rings is 1. The summed E-state index contributed by atoms with van der Waals surface area (Å²) in [5.41, 5.74) is 0.568. The highest BCUT2D eigenvalue weighted by atomic mass is 79.9. The Bertz CT molecular complexity index is 653. The molecule has 0 atom stereocenters. The third-order valence-corrected chi connectivity index (χ3v) is 3.62. The van der Waals surface area contributed by atoms with E-state index in [0.29, 0.717) is 15.3 Å². The van der Waals surface area contributed by atoms with E-state index in [1.54, 1.807) is 6.07 Å². The summed E-state index contributed by atoms with van der Waals surface area (Å²) in [5, 5.41) is 9.99. The maximum atomic E-state index is 12.0. The summed E-state index contributed by atoms with van der Waals surface area (Å²) in [6, 6.07) is 2.93. The van der Waals surface area contributed by atoms with Gasteiger partial charge in [0.2, 0.25) is 0 Å². The average molecular weight is 382 g/mol. The fourth-order valence-corrected chi connectivity index (χ4v) is 1.98. The van der Waals surface area contributed by atoms with Crippen LogP contribution in [-0.4, -0.2) is 21.1 Å². The molecule has 0 saturated heterocycles. The van der Waals surface area contributed by atoms with Crippen molar-refractivity contribution in [3.05, 3.63) is 43.8 Å². The quantitative estimate of drug-likeness (QED) is 0.801. The first-order valence-corrected chi connectivity index (χ1v) is 6.71. The molecule has 0 bridgehead atoms. The van der Waals surface area contributed by atoms with E-state index in [9.17, 15) is 4.79 Å². The number of nitrogens with one attached hydrogen (secondary N) is 1. The van der Waals surface area contributed by atoms with Crippen molar-refractivity contribution >= 4 is 62.3 Å². The number of aromatic nitrogens is 3. The molecule has 5 nitrogen and oxygen atoms in total. The van der Waals surface area contributed by atoms with Crippen LogP contribution in [-0.2, 0) is 0 Å². The fourth-order valence-electron chi connectivity index (χ4n) is 1.20. The Balaban J connectivity index is 2.25. The number of halogens is 4. The number of hydrogen-bond donors (Lipinski definition) is 1. The van der Waals surface area contributed by atoms with Crippen LogP contribution in [0.2, 0.25) is 15.5 Å². The second-order valence-electron chi connectivity index (χ2n) is 3.32. The first-order chi connectivity index (χ1) is 8.97. The molecule has 98 valence electrons. The number of carbonyl (C=O) groups excluding carboxylic acids is 1. The predicted molar refractivity (Wildman–Crippen MR) is 77.0 cm³/mol. The van der Waals surface area contributed by atoms with E-state index in [1.165, 1.54) is 12.3 Å². The van der Waals surface area contributed by atoms with Gasteiger partial charge in [0.25, 0.3) is 5.91 Å². The zero-order valence-corrected chi connectivity index (χ0v) is 12.8. The molecule has 2 heterocycles. The molecule has 0 unspecified atom stereocenters. The van der Waals surface area contributed by atoms with Crippen molar-refractivity contribution in [2.75, 3.05) is 5.32 Å². The lowest BCUT2D eigenvalue weighted by atomic mass is 10.3. The van der Waals surface area contributed by atoms with Crippen molar-refractivity contribution in [2.45, 2.75) is 0 Å². The van der Waals surface area contributed by atoms with Crippen LogP contribution in [0.4, 0.5) is 5.69 Å². The summed E-state index contributed by atoms with van der Waals surface area (Å²) >= 11 is 20.4. The third kappa shape index (κ3) is 3.54. The van der Waals surface area contributed by atoms with Gasteiger partial charge in [-0.25, -0.2) is 4.98 Å². The zero-order valence-electron chi connectivity index (χ0n) is 8.99. The van der Waals surface area contributed by atoms with Gasteiger partial charge in [0, 0.05) is 0 Å². The lowest BCUT2D eigenvalue weighted by Gasteiger charge is -2.06. The minimum Gasteiger partial charge on any atom is -0.320 e. The molecular weight excluding hydrogens is 378 g/mol. The molecule has 0 spiro atoms. The molecule has 2 aromatic rings. The van der Waals surface area contributed by atoms with Crippen LogP contribution in [0.1, 0.15) is 10.4 Å². The molecular formula is C10H4BrCl3N4O. The molecule has 0 aliphatic heterocycles. The molecule has 0 aliphatic rings. The van der Waals surface area contributed by atoms with Gasteiger partial charge in [0.05, 0.1) is 21.9 Å². The van der Waals surface area contributed by atoms with Crippen molar-refractivity contribution in [1.29, 1.82) is 0 Å². The molecule has 0 fully saturated rings. The topological polar surface area (TPSA) is 67.8 Å². The van der Waals surface area contributed by atoms with Gasteiger partial charge in [-0.2, -0.15) is 0 Å². The molecule has 2 rings (SSSR count). The monoisotopic (exact) mass is 380 g/mol. The van der Waals surface area contributed by atoms with E-state index in [0.717, 1.165) is 0 Å². The molecule has 1 amide bonds. The van der Waals surface area contributed by atoms with Gasteiger partial charge in [-0.1, -0.05) is 34.8 Å². The molecule has 9 heteroatoms.